The van der Waals surface area contributed by atoms with Crippen LogP contribution in [-0.2, 0) is 6.42 Å². The van der Waals surface area contributed by atoms with Crippen LogP contribution in [0.2, 0.25) is 0 Å². The minimum absolute atomic E-state index is 0.0410. The number of hydrogen-bond acceptors (Lipinski definition) is 5. The van der Waals surface area contributed by atoms with E-state index in [9.17, 15) is 4.79 Å². The fraction of sp³-hybridized carbons (Fsp3) is 0.333. The molecule has 0 unspecified atom stereocenters. The Morgan fingerprint density at radius 2 is 1.88 bits per heavy atom. The second kappa shape index (κ2) is 8.56. The second-order valence-corrected chi connectivity index (χ2v) is 9.32. The lowest BCUT2D eigenvalue weighted by Gasteiger charge is -2.26. The van der Waals surface area contributed by atoms with Crippen molar-refractivity contribution in [2.24, 2.45) is 0 Å². The van der Waals surface area contributed by atoms with E-state index < -0.39 is 0 Å². The summed E-state index contributed by atoms with van der Waals surface area (Å²) in [6.45, 7) is 1.87. The van der Waals surface area contributed by atoms with Crippen LogP contribution in [0.3, 0.4) is 0 Å². The fourth-order valence-electron chi connectivity index (χ4n) is 4.89. The van der Waals surface area contributed by atoms with Gasteiger partial charge in [-0.05, 0) is 74.4 Å². The Kier molecular flexibility index (Phi) is 5.24. The molecule has 2 aromatic carbocycles. The Bertz CT molecular complexity index is 1330. The topological polar surface area (TPSA) is 85.8 Å². The molecule has 0 spiro atoms. The van der Waals surface area contributed by atoms with E-state index in [4.69, 9.17) is 4.52 Å². The molecule has 0 radical (unpaired) electrons. The van der Waals surface area contributed by atoms with Gasteiger partial charge in [0.15, 0.2) is 0 Å². The minimum Gasteiger partial charge on any atom is -0.345 e. The minimum atomic E-state index is -0.0857. The Hall–Kier alpha value is -3.74. The first-order chi connectivity index (χ1) is 16.7. The Morgan fingerprint density at radius 1 is 1.06 bits per heavy atom. The first kappa shape index (κ1) is 20.8. The van der Waals surface area contributed by atoms with Gasteiger partial charge in [0.1, 0.15) is 0 Å². The predicted octanol–water partition coefficient (Wildman–Crippen LogP) is 5.31. The third-order valence-electron chi connectivity index (χ3n) is 7.10. The number of nitrogens with one attached hydrogen (secondary N) is 1. The summed E-state index contributed by atoms with van der Waals surface area (Å²) in [5.74, 6) is 1.68. The highest BCUT2D eigenvalue weighted by atomic mass is 16.5. The van der Waals surface area contributed by atoms with Gasteiger partial charge in [0.05, 0.1) is 23.0 Å². The number of benzene rings is 2. The van der Waals surface area contributed by atoms with Crippen LogP contribution in [0.15, 0.2) is 59.3 Å². The molecule has 6 rings (SSSR count). The third-order valence-corrected chi connectivity index (χ3v) is 7.10. The van der Waals surface area contributed by atoms with Gasteiger partial charge in [-0.3, -0.25) is 4.79 Å². The SMILES string of the molecule is Cc1nn(-c2ccc(-c3noc(C4CCC4)n3)cc2)cc1C(=O)N[C@@H]1CCCc2ccccc21. The Morgan fingerprint density at radius 3 is 2.68 bits per heavy atom. The van der Waals surface area contributed by atoms with Crippen molar-refractivity contribution in [2.75, 3.05) is 0 Å². The van der Waals surface area contributed by atoms with E-state index in [1.165, 1.54) is 17.5 Å². The normalized spacial score (nSPS) is 17.7. The lowest BCUT2D eigenvalue weighted by Crippen LogP contribution is -2.31. The number of nitrogens with zero attached hydrogens (tertiary/aromatic N) is 4. The molecule has 2 aliphatic carbocycles. The summed E-state index contributed by atoms with van der Waals surface area (Å²) in [6.07, 6.45) is 8.39. The van der Waals surface area contributed by atoms with Gasteiger partial charge < -0.3 is 9.84 Å². The average Bonchev–Trinajstić information content (AvgIpc) is 3.45. The second-order valence-electron chi connectivity index (χ2n) is 9.32. The lowest BCUT2D eigenvalue weighted by molar-refractivity contribution is 0.0932. The fourth-order valence-corrected chi connectivity index (χ4v) is 4.89. The maximum Gasteiger partial charge on any atom is 0.255 e. The summed E-state index contributed by atoms with van der Waals surface area (Å²) in [6, 6.07) is 16.3. The largest absolute Gasteiger partial charge is 0.345 e. The van der Waals surface area contributed by atoms with E-state index in [2.05, 4.69) is 38.8 Å². The molecule has 1 fully saturated rings. The van der Waals surface area contributed by atoms with Crippen LogP contribution < -0.4 is 5.32 Å². The van der Waals surface area contributed by atoms with Gasteiger partial charge in [0, 0.05) is 17.7 Å². The van der Waals surface area contributed by atoms with Crippen molar-refractivity contribution in [2.45, 2.75) is 57.4 Å². The summed E-state index contributed by atoms with van der Waals surface area (Å²) in [4.78, 5) is 17.7. The van der Waals surface area contributed by atoms with Gasteiger partial charge in [0.25, 0.3) is 5.91 Å². The number of carbonyl (C=O) groups excluding carboxylic acids is 1. The first-order valence-electron chi connectivity index (χ1n) is 12.0. The molecule has 7 nitrogen and oxygen atoms in total. The Labute approximate surface area is 198 Å². The van der Waals surface area contributed by atoms with Crippen LogP contribution in [-0.4, -0.2) is 25.8 Å². The summed E-state index contributed by atoms with van der Waals surface area (Å²) in [5, 5.41) is 12.0. The molecule has 1 amide bonds. The van der Waals surface area contributed by atoms with Gasteiger partial charge in [-0.15, -0.1) is 0 Å². The number of hydrogen-bond donors (Lipinski definition) is 1. The molecule has 0 bridgehead atoms. The number of amides is 1. The molecule has 34 heavy (non-hydrogen) atoms. The first-order valence-corrected chi connectivity index (χ1v) is 12.0. The molecule has 0 aliphatic heterocycles. The monoisotopic (exact) mass is 453 g/mol. The molecule has 2 aromatic heterocycles. The molecule has 2 aliphatic rings. The standard InChI is InChI=1S/C27H27N5O2/c1-17-23(26(33)28-24-11-5-7-18-6-2-3-10-22(18)24)16-32(30-17)21-14-12-19(13-15-21)25-29-27(34-31-25)20-8-4-9-20/h2-3,6,10,12-16,20,24H,4-5,7-9,11H2,1H3,(H,28,33)/t24-/m1/s1. The number of carbonyl (C=O) groups is 1. The summed E-state index contributed by atoms with van der Waals surface area (Å²) < 4.78 is 7.19. The van der Waals surface area contributed by atoms with E-state index in [1.807, 2.05) is 37.3 Å². The van der Waals surface area contributed by atoms with Crippen molar-refractivity contribution in [3.8, 4) is 17.1 Å². The highest BCUT2D eigenvalue weighted by molar-refractivity contribution is 5.95. The molecule has 172 valence electrons. The van der Waals surface area contributed by atoms with E-state index in [0.29, 0.717) is 23.0 Å². The van der Waals surface area contributed by atoms with Crippen molar-refractivity contribution >= 4 is 5.91 Å². The van der Waals surface area contributed by atoms with Crippen LogP contribution >= 0.6 is 0 Å². The zero-order valence-electron chi connectivity index (χ0n) is 19.2. The third kappa shape index (κ3) is 3.81. The maximum atomic E-state index is 13.1. The highest BCUT2D eigenvalue weighted by Crippen LogP contribution is 2.36. The van der Waals surface area contributed by atoms with Crippen molar-refractivity contribution in [3.63, 3.8) is 0 Å². The molecule has 0 saturated heterocycles. The molecule has 4 aromatic rings. The highest BCUT2D eigenvalue weighted by Gasteiger charge is 2.26. The van der Waals surface area contributed by atoms with Gasteiger partial charge in [-0.2, -0.15) is 10.1 Å². The van der Waals surface area contributed by atoms with Crippen LogP contribution in [0.1, 0.15) is 77.1 Å². The van der Waals surface area contributed by atoms with Crippen molar-refractivity contribution in [3.05, 3.63) is 83.0 Å². The molecule has 7 heteroatoms. The van der Waals surface area contributed by atoms with E-state index in [-0.39, 0.29) is 11.9 Å². The molecule has 1 saturated carbocycles. The number of aryl methyl sites for hydroxylation is 2. The van der Waals surface area contributed by atoms with E-state index >= 15 is 0 Å². The van der Waals surface area contributed by atoms with Gasteiger partial charge in [-0.25, -0.2) is 4.68 Å². The smallest absolute Gasteiger partial charge is 0.255 e. The molecule has 2 heterocycles. The van der Waals surface area contributed by atoms with E-state index in [1.54, 1.807) is 10.9 Å². The molecule has 1 N–H and O–H groups in total. The van der Waals surface area contributed by atoms with Crippen molar-refractivity contribution in [1.82, 2.24) is 25.2 Å². The Balaban J connectivity index is 1.19. The van der Waals surface area contributed by atoms with Crippen molar-refractivity contribution < 1.29 is 9.32 Å². The average molecular weight is 454 g/mol. The summed E-state index contributed by atoms with van der Waals surface area (Å²) in [5.41, 5.74) is 5.62. The number of aromatic nitrogens is 4. The lowest BCUT2D eigenvalue weighted by atomic mass is 9.85. The summed E-state index contributed by atoms with van der Waals surface area (Å²) in [7, 11) is 0. The number of fused-ring (bicyclic) bond motifs is 1. The predicted molar refractivity (Wildman–Crippen MR) is 128 cm³/mol. The van der Waals surface area contributed by atoms with Crippen molar-refractivity contribution in [1.29, 1.82) is 0 Å². The molecular weight excluding hydrogens is 426 g/mol. The molecular formula is C27H27N5O2. The zero-order valence-corrected chi connectivity index (χ0v) is 19.2. The van der Waals surface area contributed by atoms with Crippen LogP contribution in [0, 0.1) is 6.92 Å². The number of rotatable bonds is 5. The summed E-state index contributed by atoms with van der Waals surface area (Å²) >= 11 is 0. The van der Waals surface area contributed by atoms with Gasteiger partial charge >= 0.3 is 0 Å². The maximum absolute atomic E-state index is 13.1. The van der Waals surface area contributed by atoms with Gasteiger partial charge in [-0.1, -0.05) is 35.8 Å². The van der Waals surface area contributed by atoms with Crippen LogP contribution in [0.25, 0.3) is 17.1 Å². The zero-order chi connectivity index (χ0) is 23.1. The van der Waals surface area contributed by atoms with Gasteiger partial charge in [0.2, 0.25) is 11.7 Å². The molecule has 1 atom stereocenters. The van der Waals surface area contributed by atoms with E-state index in [0.717, 1.165) is 49.2 Å². The quantitative estimate of drug-likeness (QED) is 0.443. The van der Waals surface area contributed by atoms with Crippen LogP contribution in [0.5, 0.6) is 0 Å². The van der Waals surface area contributed by atoms with Crippen LogP contribution in [0.4, 0.5) is 0 Å².